The Labute approximate surface area is 73.6 Å². The third-order valence-electron chi connectivity index (χ3n) is 1.78. The standard InChI is InChI=1S/C7H22N2Si2/c1-7(2)9(10(3)4)11(5,6)8/h7,10H,8H2,1-6H3. The molecule has 0 unspecified atom stereocenters. The number of hydrogen-bond acceptors (Lipinski definition) is 2. The summed E-state index contributed by atoms with van der Waals surface area (Å²) in [6.07, 6.45) is 0. The fraction of sp³-hybridized carbons (Fsp3) is 1.00. The Bertz CT molecular complexity index is 110. The molecule has 4 heteroatoms. The lowest BCUT2D eigenvalue weighted by molar-refractivity contribution is 0.516. The summed E-state index contributed by atoms with van der Waals surface area (Å²) in [5.74, 6) is 0. The molecule has 68 valence electrons. The van der Waals surface area contributed by atoms with Crippen LogP contribution in [0.15, 0.2) is 0 Å². The molecule has 0 fully saturated rings. The first kappa shape index (κ1) is 11.4. The van der Waals surface area contributed by atoms with Gasteiger partial charge in [0.15, 0.2) is 8.40 Å². The molecule has 2 N–H and O–H groups in total. The van der Waals surface area contributed by atoms with Crippen molar-refractivity contribution in [1.29, 1.82) is 0 Å². The van der Waals surface area contributed by atoms with Crippen LogP contribution in [-0.2, 0) is 0 Å². The Balaban J connectivity index is 4.35. The molecule has 0 aliphatic carbocycles. The molecular formula is C7H22N2Si2. The molecule has 0 aliphatic rings. The van der Waals surface area contributed by atoms with Crippen molar-refractivity contribution in [2.24, 2.45) is 5.40 Å². The van der Waals surface area contributed by atoms with Crippen molar-refractivity contribution in [1.82, 2.24) is 4.23 Å². The monoisotopic (exact) mass is 190 g/mol. The van der Waals surface area contributed by atoms with E-state index in [-0.39, 0.29) is 0 Å². The van der Waals surface area contributed by atoms with Gasteiger partial charge in [-0.2, -0.15) is 0 Å². The van der Waals surface area contributed by atoms with Gasteiger partial charge < -0.3 is 9.63 Å². The quantitative estimate of drug-likeness (QED) is 0.681. The fourth-order valence-corrected chi connectivity index (χ4v) is 9.77. The van der Waals surface area contributed by atoms with Crippen LogP contribution in [0.4, 0.5) is 0 Å². The predicted molar refractivity (Wildman–Crippen MR) is 57.5 cm³/mol. The lowest BCUT2D eigenvalue weighted by atomic mass is 10.4. The summed E-state index contributed by atoms with van der Waals surface area (Å²) in [5, 5.41) is 6.18. The molecule has 0 aromatic heterocycles. The molecule has 0 amide bonds. The minimum absolute atomic E-state index is 0.633. The number of rotatable bonds is 3. The Hall–Kier alpha value is 0.354. The highest BCUT2D eigenvalue weighted by atomic mass is 28.4. The first-order valence-electron chi connectivity index (χ1n) is 4.34. The van der Waals surface area contributed by atoms with Gasteiger partial charge >= 0.3 is 0 Å². The first-order valence-corrected chi connectivity index (χ1v) is 10.2. The van der Waals surface area contributed by atoms with Crippen LogP contribution < -0.4 is 5.40 Å². The zero-order valence-electron chi connectivity index (χ0n) is 8.68. The molecule has 0 bridgehead atoms. The molecule has 2 nitrogen and oxygen atoms in total. The second-order valence-corrected chi connectivity index (χ2v) is 11.3. The van der Waals surface area contributed by atoms with Gasteiger partial charge in [0.1, 0.15) is 0 Å². The molecule has 0 aromatic carbocycles. The van der Waals surface area contributed by atoms with Gasteiger partial charge in [0.2, 0.25) is 0 Å². The molecule has 0 spiro atoms. The molecule has 0 saturated carbocycles. The van der Waals surface area contributed by atoms with Crippen molar-refractivity contribution in [2.45, 2.75) is 46.1 Å². The smallest absolute Gasteiger partial charge is 0.188 e. The Morgan fingerprint density at radius 2 is 1.64 bits per heavy atom. The van der Waals surface area contributed by atoms with Crippen LogP contribution in [-0.4, -0.2) is 27.6 Å². The van der Waals surface area contributed by atoms with Crippen molar-refractivity contribution in [2.75, 3.05) is 0 Å². The number of nitrogens with two attached hydrogens (primary N) is 1. The highest BCUT2D eigenvalue weighted by molar-refractivity contribution is 6.81. The molecule has 0 atom stereocenters. The highest BCUT2D eigenvalue weighted by Crippen LogP contribution is 2.10. The van der Waals surface area contributed by atoms with Crippen molar-refractivity contribution in [3.63, 3.8) is 0 Å². The van der Waals surface area contributed by atoms with Crippen molar-refractivity contribution >= 4 is 17.4 Å². The lowest BCUT2D eigenvalue weighted by Crippen LogP contribution is -2.63. The van der Waals surface area contributed by atoms with Gasteiger partial charge in [-0.1, -0.05) is 26.9 Å². The van der Waals surface area contributed by atoms with Gasteiger partial charge in [-0.3, -0.25) is 0 Å². The summed E-state index contributed by atoms with van der Waals surface area (Å²) >= 11 is 0. The average molecular weight is 190 g/mol. The van der Waals surface area contributed by atoms with Gasteiger partial charge in [-0.15, -0.1) is 0 Å². The van der Waals surface area contributed by atoms with E-state index < -0.39 is 17.4 Å². The third kappa shape index (κ3) is 3.51. The van der Waals surface area contributed by atoms with Crippen molar-refractivity contribution in [3.05, 3.63) is 0 Å². The maximum absolute atomic E-state index is 6.18. The van der Waals surface area contributed by atoms with Crippen LogP contribution in [0.5, 0.6) is 0 Å². The summed E-state index contributed by atoms with van der Waals surface area (Å²) in [6.45, 7) is 13.6. The Kier molecular flexibility index (Phi) is 3.97. The largest absolute Gasteiger partial charge is 0.339 e. The fourth-order valence-electron chi connectivity index (χ4n) is 1.93. The second kappa shape index (κ2) is 3.84. The molecule has 0 heterocycles. The molecule has 0 radical (unpaired) electrons. The lowest BCUT2D eigenvalue weighted by Gasteiger charge is -2.39. The summed E-state index contributed by atoms with van der Waals surface area (Å²) in [6, 6.07) is 0.633. The first-order chi connectivity index (χ1) is 4.76. The molecular weight excluding hydrogens is 168 g/mol. The van der Waals surface area contributed by atoms with E-state index in [0.717, 1.165) is 0 Å². The summed E-state index contributed by atoms with van der Waals surface area (Å²) in [4.78, 5) is 0. The Morgan fingerprint density at radius 1 is 1.27 bits per heavy atom. The number of hydrogen-bond donors (Lipinski definition) is 1. The minimum Gasteiger partial charge on any atom is -0.339 e. The van der Waals surface area contributed by atoms with Crippen LogP contribution in [0, 0.1) is 0 Å². The van der Waals surface area contributed by atoms with Gasteiger partial charge in [0.25, 0.3) is 0 Å². The summed E-state index contributed by atoms with van der Waals surface area (Å²) in [7, 11) is -2.22. The van der Waals surface area contributed by atoms with Gasteiger partial charge in [0, 0.05) is 0 Å². The van der Waals surface area contributed by atoms with E-state index in [1.807, 2.05) is 0 Å². The topological polar surface area (TPSA) is 29.3 Å². The maximum Gasteiger partial charge on any atom is 0.188 e. The van der Waals surface area contributed by atoms with Crippen LogP contribution >= 0.6 is 0 Å². The van der Waals surface area contributed by atoms with E-state index >= 15 is 0 Å². The molecule has 0 aliphatic heterocycles. The maximum atomic E-state index is 6.18. The summed E-state index contributed by atoms with van der Waals surface area (Å²) in [5.41, 5.74) is 0. The van der Waals surface area contributed by atoms with E-state index in [0.29, 0.717) is 6.04 Å². The molecule has 11 heavy (non-hydrogen) atoms. The van der Waals surface area contributed by atoms with E-state index in [4.69, 9.17) is 5.40 Å². The predicted octanol–water partition coefficient (Wildman–Crippen LogP) is 1.34. The normalized spacial score (nSPS) is 13.6. The van der Waals surface area contributed by atoms with E-state index in [2.05, 4.69) is 44.3 Å². The summed E-state index contributed by atoms with van der Waals surface area (Å²) < 4.78 is 2.58. The van der Waals surface area contributed by atoms with Crippen molar-refractivity contribution < 1.29 is 0 Å². The van der Waals surface area contributed by atoms with E-state index in [9.17, 15) is 0 Å². The van der Waals surface area contributed by atoms with Crippen LogP contribution in [0.3, 0.4) is 0 Å². The molecule has 0 aromatic rings. The van der Waals surface area contributed by atoms with Crippen LogP contribution in [0.2, 0.25) is 26.2 Å². The number of nitrogens with zero attached hydrogens (tertiary/aromatic N) is 1. The zero-order chi connectivity index (χ0) is 9.23. The molecule has 0 rings (SSSR count). The molecule has 0 saturated heterocycles. The zero-order valence-corrected chi connectivity index (χ0v) is 10.8. The second-order valence-electron chi connectivity index (χ2n) is 4.25. The van der Waals surface area contributed by atoms with Gasteiger partial charge in [-0.25, -0.2) is 0 Å². The van der Waals surface area contributed by atoms with Crippen LogP contribution in [0.25, 0.3) is 0 Å². The van der Waals surface area contributed by atoms with Gasteiger partial charge in [0.05, 0.1) is 8.96 Å². The minimum atomic E-state index is -1.52. The van der Waals surface area contributed by atoms with Crippen molar-refractivity contribution in [3.8, 4) is 0 Å². The highest BCUT2D eigenvalue weighted by Gasteiger charge is 2.29. The van der Waals surface area contributed by atoms with Gasteiger partial charge in [-0.05, 0) is 19.1 Å². The SMILES string of the molecule is CC(C)N([SiH](C)C)[Si](C)(C)N. The Morgan fingerprint density at radius 3 is 1.64 bits per heavy atom. The third-order valence-corrected chi connectivity index (χ3v) is 8.88. The van der Waals surface area contributed by atoms with Crippen LogP contribution in [0.1, 0.15) is 13.8 Å². The van der Waals surface area contributed by atoms with E-state index in [1.165, 1.54) is 0 Å². The average Bonchev–Trinajstić information content (AvgIpc) is 1.54. The van der Waals surface area contributed by atoms with E-state index in [1.54, 1.807) is 0 Å².